The van der Waals surface area contributed by atoms with Crippen molar-refractivity contribution in [2.45, 2.75) is 0 Å². The molecule has 0 unspecified atom stereocenters. The zero-order valence-electron chi connectivity index (χ0n) is 23.5. The minimum Gasteiger partial charge on any atom is -0.456 e. The van der Waals surface area contributed by atoms with E-state index in [4.69, 9.17) is 9.72 Å². The number of pyridine rings is 1. The van der Waals surface area contributed by atoms with Gasteiger partial charge in [0.25, 0.3) is 0 Å². The van der Waals surface area contributed by atoms with Crippen molar-refractivity contribution in [1.29, 1.82) is 5.26 Å². The van der Waals surface area contributed by atoms with Gasteiger partial charge in [0.1, 0.15) is 11.5 Å². The van der Waals surface area contributed by atoms with Crippen LogP contribution in [0.25, 0.3) is 71.9 Å². The molecule has 0 saturated carbocycles. The van der Waals surface area contributed by atoms with Gasteiger partial charge in [-0.15, -0.1) is 0 Å². The summed E-state index contributed by atoms with van der Waals surface area (Å²) in [4.78, 5) is 5.11. The summed E-state index contributed by atoms with van der Waals surface area (Å²) in [6, 6.07) is 50.2. The van der Waals surface area contributed by atoms with Gasteiger partial charge in [0.15, 0.2) is 0 Å². The quantitative estimate of drug-likeness (QED) is 0.216. The van der Waals surface area contributed by atoms with Crippen LogP contribution in [0.4, 0.5) is 0 Å². The Kier molecular flexibility index (Phi) is 5.23. The Morgan fingerprint density at radius 3 is 1.95 bits per heavy atom. The van der Waals surface area contributed by atoms with E-state index in [9.17, 15) is 5.26 Å². The van der Waals surface area contributed by atoms with Crippen LogP contribution >= 0.6 is 0 Å². The van der Waals surface area contributed by atoms with E-state index in [-0.39, 0.29) is 0 Å². The maximum Gasteiger partial charge on any atom is 0.137 e. The SMILES string of the molecule is N#Cc1ccc2c3c(cccc13)-c1cc3c4ccccc4n(-c4cc(-c5ccccc5)nc(-c5ccccc5)c4)c3cc1O2. The highest BCUT2D eigenvalue weighted by Crippen LogP contribution is 2.49. The summed E-state index contributed by atoms with van der Waals surface area (Å²) in [5.41, 5.74) is 9.90. The predicted molar refractivity (Wildman–Crippen MR) is 177 cm³/mol. The van der Waals surface area contributed by atoms with E-state index in [1.54, 1.807) is 0 Å². The molecule has 2 aromatic heterocycles. The van der Waals surface area contributed by atoms with Crippen LogP contribution in [0.15, 0.2) is 140 Å². The molecule has 0 radical (unpaired) electrons. The Hall–Kier alpha value is -6.18. The second-order valence-electron chi connectivity index (χ2n) is 11.1. The van der Waals surface area contributed by atoms with Crippen LogP contribution < -0.4 is 4.74 Å². The maximum atomic E-state index is 9.76. The molecule has 9 rings (SSSR count). The number of para-hydroxylation sites is 1. The number of nitrogens with zero attached hydrogens (tertiary/aromatic N) is 3. The van der Waals surface area contributed by atoms with E-state index < -0.39 is 0 Å². The average molecular weight is 562 g/mol. The zero-order chi connectivity index (χ0) is 29.2. The summed E-state index contributed by atoms with van der Waals surface area (Å²) in [7, 11) is 0. The second-order valence-corrected chi connectivity index (χ2v) is 11.1. The monoisotopic (exact) mass is 561 g/mol. The van der Waals surface area contributed by atoms with E-state index in [2.05, 4.69) is 89.5 Å². The molecule has 6 aromatic carbocycles. The molecule has 1 aliphatic heterocycles. The third-order valence-electron chi connectivity index (χ3n) is 8.61. The molecule has 44 heavy (non-hydrogen) atoms. The number of benzene rings is 6. The molecule has 0 amide bonds. The zero-order valence-corrected chi connectivity index (χ0v) is 23.5. The molecule has 4 heteroatoms. The van der Waals surface area contributed by atoms with Crippen molar-refractivity contribution in [3.63, 3.8) is 0 Å². The third kappa shape index (κ3) is 3.60. The van der Waals surface area contributed by atoms with Gasteiger partial charge < -0.3 is 9.30 Å². The normalized spacial score (nSPS) is 11.8. The highest BCUT2D eigenvalue weighted by atomic mass is 16.5. The Morgan fingerprint density at radius 1 is 0.545 bits per heavy atom. The first-order chi connectivity index (χ1) is 21.8. The lowest BCUT2D eigenvalue weighted by atomic mass is 9.92. The standard InChI is InChI=1S/C40H23N3O/c41-24-27-18-19-38-40-29(27)15-9-16-31(40)33-22-32-30-14-7-8-17-36(30)43(37(32)23-39(33)44-38)28-20-34(25-10-3-1-4-11-25)42-35(21-28)26-12-5-2-6-13-26/h1-23H. The largest absolute Gasteiger partial charge is 0.456 e. The number of hydrogen-bond donors (Lipinski definition) is 0. The molecule has 4 nitrogen and oxygen atoms in total. The third-order valence-corrected chi connectivity index (χ3v) is 8.61. The molecule has 0 fully saturated rings. The van der Waals surface area contributed by atoms with Crippen molar-refractivity contribution in [3.05, 3.63) is 145 Å². The van der Waals surface area contributed by atoms with Crippen LogP contribution in [-0.4, -0.2) is 9.55 Å². The highest BCUT2D eigenvalue weighted by Gasteiger charge is 2.24. The molecule has 0 bridgehead atoms. The lowest BCUT2D eigenvalue weighted by molar-refractivity contribution is 0.487. The van der Waals surface area contributed by atoms with E-state index in [1.807, 2.05) is 60.7 Å². The topological polar surface area (TPSA) is 50.8 Å². The Balaban J connectivity index is 1.35. The molecular formula is C40H23N3O. The summed E-state index contributed by atoms with van der Waals surface area (Å²) in [6.45, 7) is 0. The summed E-state index contributed by atoms with van der Waals surface area (Å²) in [5.74, 6) is 1.57. The van der Waals surface area contributed by atoms with Gasteiger partial charge in [0.05, 0.1) is 39.7 Å². The van der Waals surface area contributed by atoms with Crippen LogP contribution in [0, 0.1) is 11.3 Å². The van der Waals surface area contributed by atoms with Crippen LogP contribution in [0.3, 0.4) is 0 Å². The van der Waals surface area contributed by atoms with Gasteiger partial charge >= 0.3 is 0 Å². The van der Waals surface area contributed by atoms with Gasteiger partial charge in [-0.3, -0.25) is 0 Å². The van der Waals surface area contributed by atoms with E-state index >= 15 is 0 Å². The Morgan fingerprint density at radius 2 is 1.23 bits per heavy atom. The van der Waals surface area contributed by atoms with Gasteiger partial charge in [-0.25, -0.2) is 4.98 Å². The van der Waals surface area contributed by atoms with Crippen molar-refractivity contribution in [2.24, 2.45) is 0 Å². The van der Waals surface area contributed by atoms with Crippen molar-refractivity contribution >= 4 is 32.6 Å². The van der Waals surface area contributed by atoms with Crippen molar-refractivity contribution in [3.8, 4) is 56.9 Å². The average Bonchev–Trinajstić information content (AvgIpc) is 3.41. The fourth-order valence-electron chi connectivity index (χ4n) is 6.63. The van der Waals surface area contributed by atoms with Gasteiger partial charge in [-0.1, -0.05) is 97.1 Å². The number of nitriles is 1. The Labute approximate surface area is 253 Å². The number of rotatable bonds is 3. The first-order valence-electron chi connectivity index (χ1n) is 14.6. The van der Waals surface area contributed by atoms with E-state index in [1.165, 1.54) is 0 Å². The first-order valence-corrected chi connectivity index (χ1v) is 14.6. The molecule has 3 heterocycles. The van der Waals surface area contributed by atoms with Gasteiger partial charge in [-0.05, 0) is 42.0 Å². The molecule has 8 aromatic rings. The lowest BCUT2D eigenvalue weighted by Gasteiger charge is -2.22. The summed E-state index contributed by atoms with van der Waals surface area (Å²) < 4.78 is 8.92. The van der Waals surface area contributed by atoms with Gasteiger partial charge in [-0.2, -0.15) is 5.26 Å². The summed E-state index contributed by atoms with van der Waals surface area (Å²) in [6.07, 6.45) is 0. The molecule has 204 valence electrons. The molecule has 0 atom stereocenters. The van der Waals surface area contributed by atoms with Gasteiger partial charge in [0.2, 0.25) is 0 Å². The van der Waals surface area contributed by atoms with Crippen LogP contribution in [0.1, 0.15) is 5.56 Å². The predicted octanol–water partition coefficient (Wildman–Crippen LogP) is 10.3. The van der Waals surface area contributed by atoms with E-state index in [0.29, 0.717) is 5.56 Å². The molecular weight excluding hydrogens is 538 g/mol. The van der Waals surface area contributed by atoms with Crippen molar-refractivity contribution in [2.75, 3.05) is 0 Å². The summed E-state index contributed by atoms with van der Waals surface area (Å²) in [5, 5.41) is 14.0. The highest BCUT2D eigenvalue weighted by molar-refractivity contribution is 6.14. The van der Waals surface area contributed by atoms with Crippen LogP contribution in [-0.2, 0) is 0 Å². The van der Waals surface area contributed by atoms with Crippen LogP contribution in [0.2, 0.25) is 0 Å². The minimum atomic E-state index is 0.649. The second kappa shape index (κ2) is 9.42. The van der Waals surface area contributed by atoms with E-state index in [0.717, 1.165) is 83.4 Å². The minimum absolute atomic E-state index is 0.649. The smallest absolute Gasteiger partial charge is 0.137 e. The van der Waals surface area contributed by atoms with Crippen molar-refractivity contribution in [1.82, 2.24) is 9.55 Å². The number of fused-ring (bicyclic) bond motifs is 5. The fourth-order valence-corrected chi connectivity index (χ4v) is 6.63. The van der Waals surface area contributed by atoms with Gasteiger partial charge in [0, 0.05) is 44.3 Å². The van der Waals surface area contributed by atoms with Crippen molar-refractivity contribution < 1.29 is 4.74 Å². The number of hydrogen-bond acceptors (Lipinski definition) is 3. The molecule has 0 saturated heterocycles. The number of ether oxygens (including phenoxy) is 1. The Bertz CT molecular complexity index is 2410. The molecule has 0 aliphatic carbocycles. The number of aromatic nitrogens is 2. The molecule has 1 aliphatic rings. The lowest BCUT2D eigenvalue weighted by Crippen LogP contribution is -2.00. The maximum absolute atomic E-state index is 9.76. The van der Waals surface area contributed by atoms with Crippen LogP contribution in [0.5, 0.6) is 11.5 Å². The first kappa shape index (κ1) is 24.4. The molecule has 0 N–H and O–H groups in total. The summed E-state index contributed by atoms with van der Waals surface area (Å²) >= 11 is 0. The molecule has 0 spiro atoms. The fraction of sp³-hybridized carbons (Fsp3) is 0.